The highest BCUT2D eigenvalue weighted by Gasteiger charge is 2.07. The van der Waals surface area contributed by atoms with E-state index in [-0.39, 0.29) is 0 Å². The van der Waals surface area contributed by atoms with Crippen LogP contribution in [-0.4, -0.2) is 32.6 Å². The van der Waals surface area contributed by atoms with Crippen molar-refractivity contribution in [1.29, 1.82) is 0 Å². The van der Waals surface area contributed by atoms with Crippen LogP contribution >= 0.6 is 27.7 Å². The number of halogens is 1. The summed E-state index contributed by atoms with van der Waals surface area (Å²) in [5.74, 6) is 1.84. The fraction of sp³-hybridized carbons (Fsp3) is 0.455. The average Bonchev–Trinajstić information content (AvgIpc) is 2.67. The van der Waals surface area contributed by atoms with E-state index in [9.17, 15) is 0 Å². The number of anilines is 1. The van der Waals surface area contributed by atoms with Crippen LogP contribution in [0.15, 0.2) is 22.8 Å². The van der Waals surface area contributed by atoms with Crippen molar-refractivity contribution in [3.05, 3.63) is 22.8 Å². The largest absolute Gasteiger partial charge is 0.350 e. The monoisotopic (exact) mass is 314 g/mol. The molecule has 0 saturated carbocycles. The first-order valence-corrected chi connectivity index (χ1v) is 7.65. The molecule has 0 bridgehead atoms. The van der Waals surface area contributed by atoms with Crippen molar-refractivity contribution >= 4 is 39.3 Å². The van der Waals surface area contributed by atoms with Crippen LogP contribution in [0, 0.1) is 0 Å². The van der Waals surface area contributed by atoms with Crippen LogP contribution in [0.2, 0.25) is 0 Å². The second-order valence-electron chi connectivity index (χ2n) is 3.91. The third-order valence-electron chi connectivity index (χ3n) is 2.43. The Hall–Kier alpha value is -0.750. The number of hydrogen-bond donors (Lipinski definition) is 1. The molecule has 2 aromatic heterocycles. The van der Waals surface area contributed by atoms with E-state index in [1.54, 1.807) is 4.52 Å². The molecule has 17 heavy (non-hydrogen) atoms. The zero-order valence-electron chi connectivity index (χ0n) is 9.85. The molecular weight excluding hydrogens is 300 g/mol. The molecule has 2 rings (SSSR count). The van der Waals surface area contributed by atoms with E-state index >= 15 is 0 Å². The normalized spacial score (nSPS) is 12.9. The summed E-state index contributed by atoms with van der Waals surface area (Å²) in [5.41, 5.74) is 0.854. The van der Waals surface area contributed by atoms with Crippen LogP contribution in [0.4, 0.5) is 5.95 Å². The first-order chi connectivity index (χ1) is 8.19. The van der Waals surface area contributed by atoms with Crippen LogP contribution in [0.1, 0.15) is 13.3 Å². The van der Waals surface area contributed by atoms with Gasteiger partial charge in [-0.05, 0) is 53.4 Å². The van der Waals surface area contributed by atoms with Gasteiger partial charge in [0.1, 0.15) is 0 Å². The Morgan fingerprint density at radius 2 is 2.35 bits per heavy atom. The molecule has 0 fully saturated rings. The third-order valence-corrected chi connectivity index (χ3v) is 3.54. The van der Waals surface area contributed by atoms with Gasteiger partial charge in [0.2, 0.25) is 5.95 Å². The molecule has 0 aliphatic heterocycles. The van der Waals surface area contributed by atoms with E-state index < -0.39 is 0 Å². The van der Waals surface area contributed by atoms with Crippen LogP contribution in [-0.2, 0) is 0 Å². The molecule has 1 N–H and O–H groups in total. The Morgan fingerprint density at radius 3 is 3.12 bits per heavy atom. The number of nitrogens with one attached hydrogen (secondary N) is 1. The molecule has 0 aromatic carbocycles. The molecule has 0 radical (unpaired) electrons. The summed E-state index contributed by atoms with van der Waals surface area (Å²) in [7, 11) is 0. The molecule has 2 aromatic rings. The van der Waals surface area contributed by atoms with Gasteiger partial charge in [-0.1, -0.05) is 0 Å². The first kappa shape index (κ1) is 12.7. The quantitative estimate of drug-likeness (QED) is 0.921. The van der Waals surface area contributed by atoms with E-state index in [4.69, 9.17) is 0 Å². The van der Waals surface area contributed by atoms with Gasteiger partial charge in [-0.15, -0.1) is 5.10 Å². The first-order valence-electron chi connectivity index (χ1n) is 5.46. The maximum Gasteiger partial charge on any atom is 0.243 e. The lowest BCUT2D eigenvalue weighted by Crippen LogP contribution is -2.16. The number of thioether (sulfide) groups is 1. The zero-order chi connectivity index (χ0) is 12.3. The smallest absolute Gasteiger partial charge is 0.243 e. The summed E-state index contributed by atoms with van der Waals surface area (Å²) in [4.78, 5) is 4.41. The van der Waals surface area contributed by atoms with Gasteiger partial charge in [-0.3, -0.25) is 0 Å². The molecular formula is C11H15BrN4S. The van der Waals surface area contributed by atoms with Crippen LogP contribution in [0.25, 0.3) is 5.65 Å². The van der Waals surface area contributed by atoms with Crippen molar-refractivity contribution in [2.45, 2.75) is 19.4 Å². The van der Waals surface area contributed by atoms with Crippen LogP contribution in [0.3, 0.4) is 0 Å². The van der Waals surface area contributed by atoms with Gasteiger partial charge in [0.05, 0.1) is 0 Å². The van der Waals surface area contributed by atoms with Crippen LogP contribution < -0.4 is 5.32 Å². The molecule has 1 atom stereocenters. The summed E-state index contributed by atoms with van der Waals surface area (Å²) < 4.78 is 2.77. The topological polar surface area (TPSA) is 42.2 Å². The summed E-state index contributed by atoms with van der Waals surface area (Å²) in [6.45, 7) is 2.15. The van der Waals surface area contributed by atoms with Gasteiger partial charge >= 0.3 is 0 Å². The Balaban J connectivity index is 2.08. The molecule has 4 nitrogen and oxygen atoms in total. The van der Waals surface area contributed by atoms with Crippen molar-refractivity contribution in [3.8, 4) is 0 Å². The minimum Gasteiger partial charge on any atom is -0.350 e. The van der Waals surface area contributed by atoms with E-state index in [0.29, 0.717) is 12.0 Å². The molecule has 0 saturated heterocycles. The van der Waals surface area contributed by atoms with Gasteiger partial charge in [-0.25, -0.2) is 4.52 Å². The van der Waals surface area contributed by atoms with E-state index in [1.807, 2.05) is 30.1 Å². The van der Waals surface area contributed by atoms with Gasteiger partial charge in [0.15, 0.2) is 5.65 Å². The summed E-state index contributed by atoms with van der Waals surface area (Å²) in [6.07, 6.45) is 5.13. The number of pyridine rings is 1. The molecule has 0 aliphatic rings. The molecule has 2 heterocycles. The van der Waals surface area contributed by atoms with Gasteiger partial charge in [-0.2, -0.15) is 16.7 Å². The van der Waals surface area contributed by atoms with E-state index in [0.717, 1.165) is 22.3 Å². The molecule has 0 amide bonds. The number of aromatic nitrogens is 3. The molecule has 0 spiro atoms. The van der Waals surface area contributed by atoms with Crippen molar-refractivity contribution in [1.82, 2.24) is 14.6 Å². The molecule has 0 aliphatic carbocycles. The second kappa shape index (κ2) is 5.73. The molecule has 92 valence electrons. The molecule has 1 unspecified atom stereocenters. The van der Waals surface area contributed by atoms with Gasteiger partial charge < -0.3 is 5.32 Å². The van der Waals surface area contributed by atoms with Crippen LogP contribution in [0.5, 0.6) is 0 Å². The van der Waals surface area contributed by atoms with Gasteiger partial charge in [0.25, 0.3) is 0 Å². The summed E-state index contributed by atoms with van der Waals surface area (Å²) >= 11 is 5.27. The predicted molar refractivity (Wildman–Crippen MR) is 76.8 cm³/mol. The number of nitrogens with zero attached hydrogens (tertiary/aromatic N) is 3. The Labute approximate surface area is 113 Å². The second-order valence-corrected chi connectivity index (χ2v) is 5.81. The number of rotatable bonds is 5. The highest BCUT2D eigenvalue weighted by Crippen LogP contribution is 2.13. The Kier molecular flexibility index (Phi) is 4.28. The fourth-order valence-corrected chi connectivity index (χ4v) is 2.42. The van der Waals surface area contributed by atoms with E-state index in [1.165, 1.54) is 0 Å². The fourth-order valence-electron chi connectivity index (χ4n) is 1.51. The Morgan fingerprint density at radius 1 is 1.53 bits per heavy atom. The predicted octanol–water partition coefficient (Wildman–Crippen LogP) is 3.05. The standard InChI is InChI=1S/C11H15BrN4S/c1-8(5-6-17-2)13-11-14-10-4-3-9(12)7-16(10)15-11/h3-4,7-8H,5-6H2,1-2H3,(H,13,15). The summed E-state index contributed by atoms with van der Waals surface area (Å²) in [6, 6.07) is 4.29. The maximum atomic E-state index is 4.41. The van der Waals surface area contributed by atoms with Crippen molar-refractivity contribution in [2.75, 3.05) is 17.3 Å². The minimum atomic E-state index is 0.392. The summed E-state index contributed by atoms with van der Waals surface area (Å²) in [5, 5.41) is 7.69. The van der Waals surface area contributed by atoms with E-state index in [2.05, 4.69) is 44.5 Å². The molecule has 6 heteroatoms. The van der Waals surface area contributed by atoms with Crippen molar-refractivity contribution in [2.24, 2.45) is 0 Å². The average molecular weight is 315 g/mol. The zero-order valence-corrected chi connectivity index (χ0v) is 12.3. The van der Waals surface area contributed by atoms with Crippen molar-refractivity contribution in [3.63, 3.8) is 0 Å². The highest BCUT2D eigenvalue weighted by atomic mass is 79.9. The maximum absolute atomic E-state index is 4.41. The Bertz CT molecular complexity index is 499. The highest BCUT2D eigenvalue weighted by molar-refractivity contribution is 9.10. The third kappa shape index (κ3) is 3.35. The van der Waals surface area contributed by atoms with Crippen molar-refractivity contribution < 1.29 is 0 Å². The number of fused-ring (bicyclic) bond motifs is 1. The minimum absolute atomic E-state index is 0.392. The lowest BCUT2D eigenvalue weighted by atomic mass is 10.3. The number of hydrogen-bond acceptors (Lipinski definition) is 4. The lowest BCUT2D eigenvalue weighted by Gasteiger charge is -2.10. The SMILES string of the molecule is CSCCC(C)Nc1nc2ccc(Br)cn2n1. The lowest BCUT2D eigenvalue weighted by molar-refractivity contribution is 0.759. The van der Waals surface area contributed by atoms with Gasteiger partial charge in [0, 0.05) is 16.7 Å².